The average Bonchev–Trinajstić information content (AvgIpc) is 3.48. The van der Waals surface area contributed by atoms with Crippen LogP contribution in [0, 0.1) is 0 Å². The Labute approximate surface area is 207 Å². The summed E-state index contributed by atoms with van der Waals surface area (Å²) in [7, 11) is 0. The Morgan fingerprint density at radius 1 is 1.11 bits per heavy atom. The summed E-state index contributed by atoms with van der Waals surface area (Å²) >= 11 is 1.34. The van der Waals surface area contributed by atoms with E-state index in [1.165, 1.54) is 18.3 Å². The van der Waals surface area contributed by atoms with Gasteiger partial charge in [-0.2, -0.15) is 0 Å². The number of carbonyl (C=O) groups excluding carboxylic acids is 2. The van der Waals surface area contributed by atoms with Crippen LogP contribution in [0.25, 0.3) is 11.1 Å². The summed E-state index contributed by atoms with van der Waals surface area (Å²) in [6.45, 7) is 3.21. The fraction of sp³-hybridized carbons (Fsp3) is 0.308. The van der Waals surface area contributed by atoms with Crippen molar-refractivity contribution in [2.75, 3.05) is 6.61 Å². The first kappa shape index (κ1) is 24.4. The molecule has 1 heterocycles. The van der Waals surface area contributed by atoms with E-state index in [1.807, 2.05) is 36.4 Å². The molecule has 3 N–H and O–H groups in total. The van der Waals surface area contributed by atoms with Crippen molar-refractivity contribution in [3.05, 3.63) is 76.2 Å². The number of hydrogen-bond acceptors (Lipinski definition) is 6. The van der Waals surface area contributed by atoms with E-state index in [0.29, 0.717) is 0 Å². The van der Waals surface area contributed by atoms with E-state index in [4.69, 9.17) is 4.74 Å². The van der Waals surface area contributed by atoms with Crippen LogP contribution in [0.5, 0.6) is 0 Å². The van der Waals surface area contributed by atoms with Gasteiger partial charge in [-0.05, 0) is 35.6 Å². The molecule has 0 aliphatic heterocycles. The van der Waals surface area contributed by atoms with Crippen molar-refractivity contribution in [2.24, 2.45) is 0 Å². The minimum Gasteiger partial charge on any atom is -0.480 e. The van der Waals surface area contributed by atoms with Crippen LogP contribution in [0.1, 0.15) is 42.2 Å². The van der Waals surface area contributed by atoms with E-state index in [9.17, 15) is 19.5 Å². The largest absolute Gasteiger partial charge is 0.480 e. The second kappa shape index (κ2) is 10.3. The van der Waals surface area contributed by atoms with Crippen molar-refractivity contribution < 1.29 is 24.2 Å². The van der Waals surface area contributed by atoms with Gasteiger partial charge in [0.05, 0.1) is 5.51 Å². The smallest absolute Gasteiger partial charge is 0.407 e. The maximum atomic E-state index is 13.0. The van der Waals surface area contributed by atoms with Crippen LogP contribution in [-0.2, 0) is 20.7 Å². The van der Waals surface area contributed by atoms with E-state index in [2.05, 4.69) is 27.8 Å². The number of alkyl carbamates (subject to hydrolysis) is 1. The number of carboxylic acid groups (broad SMARTS) is 1. The van der Waals surface area contributed by atoms with Crippen LogP contribution >= 0.6 is 11.3 Å². The maximum Gasteiger partial charge on any atom is 0.407 e. The standard InChI is InChI=1S/C26H27N3O5S/c1-3-26(2,24(31)32)29-23(30)22(12-16-13-27-15-35-16)28-25(33)34-14-21-19-10-6-4-8-17(19)18-9-5-7-11-20(18)21/h4-11,13,15,21-22H,3,12,14H2,1-2H3,(H,28,33)(H,29,30)(H,31,32). The molecule has 0 saturated carbocycles. The second-order valence-electron chi connectivity index (χ2n) is 8.67. The van der Waals surface area contributed by atoms with E-state index in [-0.39, 0.29) is 25.4 Å². The molecule has 9 heteroatoms. The van der Waals surface area contributed by atoms with E-state index < -0.39 is 29.6 Å². The van der Waals surface area contributed by atoms with E-state index >= 15 is 0 Å². The van der Waals surface area contributed by atoms with Gasteiger partial charge in [0.2, 0.25) is 5.91 Å². The molecule has 0 spiro atoms. The minimum atomic E-state index is -1.45. The molecule has 182 valence electrons. The number of fused-ring (bicyclic) bond motifs is 3. The van der Waals surface area contributed by atoms with Gasteiger partial charge in [0.1, 0.15) is 18.2 Å². The van der Waals surface area contributed by atoms with Crippen LogP contribution in [0.4, 0.5) is 4.79 Å². The molecular weight excluding hydrogens is 466 g/mol. The number of thiazole rings is 1. The highest BCUT2D eigenvalue weighted by Gasteiger charge is 2.36. The van der Waals surface area contributed by atoms with E-state index in [1.54, 1.807) is 18.6 Å². The molecule has 35 heavy (non-hydrogen) atoms. The summed E-state index contributed by atoms with van der Waals surface area (Å²) in [5.41, 5.74) is 4.58. The quantitative estimate of drug-likeness (QED) is 0.415. The third-order valence-electron chi connectivity index (χ3n) is 6.42. The number of carbonyl (C=O) groups is 3. The number of ether oxygens (including phenoxy) is 1. The summed E-state index contributed by atoms with van der Waals surface area (Å²) in [5, 5.41) is 14.7. The van der Waals surface area contributed by atoms with Crippen LogP contribution in [0.15, 0.2) is 60.2 Å². The number of rotatable bonds is 9. The van der Waals surface area contributed by atoms with Gasteiger partial charge in [0.25, 0.3) is 0 Å². The Kier molecular flexibility index (Phi) is 7.16. The van der Waals surface area contributed by atoms with Gasteiger partial charge in [-0.15, -0.1) is 11.3 Å². The average molecular weight is 494 g/mol. The topological polar surface area (TPSA) is 118 Å². The van der Waals surface area contributed by atoms with Gasteiger partial charge in [0.15, 0.2) is 0 Å². The maximum absolute atomic E-state index is 13.0. The second-order valence-corrected chi connectivity index (χ2v) is 9.65. The highest BCUT2D eigenvalue weighted by Crippen LogP contribution is 2.44. The first-order valence-electron chi connectivity index (χ1n) is 11.4. The van der Waals surface area contributed by atoms with Crippen molar-refractivity contribution in [2.45, 2.75) is 44.2 Å². The highest BCUT2D eigenvalue weighted by atomic mass is 32.1. The lowest BCUT2D eigenvalue weighted by Gasteiger charge is -2.27. The number of nitrogens with zero attached hydrogens (tertiary/aromatic N) is 1. The number of aromatic nitrogens is 1. The molecular formula is C26H27N3O5S. The molecule has 4 rings (SSSR count). The van der Waals surface area contributed by atoms with Crippen LogP contribution in [0.2, 0.25) is 0 Å². The molecule has 0 saturated heterocycles. The summed E-state index contributed by atoms with van der Waals surface area (Å²) in [6.07, 6.45) is 1.22. The zero-order chi connectivity index (χ0) is 25.0. The van der Waals surface area contributed by atoms with Gasteiger partial charge in [-0.1, -0.05) is 55.5 Å². The monoisotopic (exact) mass is 493 g/mol. The van der Waals surface area contributed by atoms with Gasteiger partial charge in [-0.3, -0.25) is 9.78 Å². The summed E-state index contributed by atoms with van der Waals surface area (Å²) in [5.74, 6) is -1.86. The molecule has 2 amide bonds. The summed E-state index contributed by atoms with van der Waals surface area (Å²) in [4.78, 5) is 42.3. The lowest BCUT2D eigenvalue weighted by atomic mass is 9.98. The fourth-order valence-electron chi connectivity index (χ4n) is 4.19. The first-order valence-corrected chi connectivity index (χ1v) is 12.2. The number of aliphatic carboxylic acids is 1. The van der Waals surface area contributed by atoms with Crippen molar-refractivity contribution in [3.8, 4) is 11.1 Å². The van der Waals surface area contributed by atoms with Crippen LogP contribution in [-0.4, -0.2) is 46.2 Å². The number of amides is 2. The number of hydrogen-bond donors (Lipinski definition) is 3. The number of benzene rings is 2. The van der Waals surface area contributed by atoms with Crippen molar-refractivity contribution in [3.63, 3.8) is 0 Å². The molecule has 2 aromatic carbocycles. The number of carboxylic acids is 1. The lowest BCUT2D eigenvalue weighted by Crippen LogP contribution is -2.58. The minimum absolute atomic E-state index is 0.108. The molecule has 1 aliphatic rings. The van der Waals surface area contributed by atoms with Gasteiger partial charge >= 0.3 is 12.1 Å². The summed E-state index contributed by atoms with van der Waals surface area (Å²) in [6, 6.07) is 15.0. The normalized spacial score (nSPS) is 14.8. The molecule has 1 aromatic heterocycles. The van der Waals surface area contributed by atoms with Gasteiger partial charge in [0, 0.05) is 23.4 Å². The Bertz CT molecular complexity index is 1180. The van der Waals surface area contributed by atoms with Crippen molar-refractivity contribution in [1.29, 1.82) is 0 Å². The molecule has 8 nitrogen and oxygen atoms in total. The predicted molar refractivity (Wildman–Crippen MR) is 132 cm³/mol. The highest BCUT2D eigenvalue weighted by molar-refractivity contribution is 7.09. The lowest BCUT2D eigenvalue weighted by molar-refractivity contribution is -0.147. The summed E-state index contributed by atoms with van der Waals surface area (Å²) < 4.78 is 5.58. The van der Waals surface area contributed by atoms with Crippen molar-refractivity contribution >= 4 is 29.3 Å². The molecule has 2 unspecified atom stereocenters. The van der Waals surface area contributed by atoms with Crippen LogP contribution in [0.3, 0.4) is 0 Å². The molecule has 0 radical (unpaired) electrons. The molecule has 2 atom stereocenters. The molecule has 3 aromatic rings. The molecule has 0 fully saturated rings. The zero-order valence-corrected chi connectivity index (χ0v) is 20.3. The van der Waals surface area contributed by atoms with Gasteiger partial charge < -0.3 is 20.5 Å². The number of nitrogens with one attached hydrogen (secondary N) is 2. The SMILES string of the molecule is CCC(C)(NC(=O)C(Cc1cncs1)NC(=O)OCC1c2ccccc2-c2ccccc21)C(=O)O. The zero-order valence-electron chi connectivity index (χ0n) is 19.5. The first-order chi connectivity index (χ1) is 16.8. The van der Waals surface area contributed by atoms with E-state index in [0.717, 1.165) is 27.1 Å². The molecule has 0 bridgehead atoms. The predicted octanol–water partition coefficient (Wildman–Crippen LogP) is 3.96. The van der Waals surface area contributed by atoms with Gasteiger partial charge in [-0.25, -0.2) is 9.59 Å². The Morgan fingerprint density at radius 3 is 2.29 bits per heavy atom. The Morgan fingerprint density at radius 2 is 1.74 bits per heavy atom. The van der Waals surface area contributed by atoms with Crippen molar-refractivity contribution in [1.82, 2.24) is 15.6 Å². The molecule has 1 aliphatic carbocycles. The Hall–Kier alpha value is -3.72. The fourth-order valence-corrected chi connectivity index (χ4v) is 4.83. The van der Waals surface area contributed by atoms with Crippen LogP contribution < -0.4 is 10.6 Å². The third kappa shape index (κ3) is 5.19. The Balaban J connectivity index is 1.47. The third-order valence-corrected chi connectivity index (χ3v) is 7.22.